The molecule has 1 rings (SSSR count). The first-order valence-corrected chi connectivity index (χ1v) is 5.75. The Morgan fingerprint density at radius 1 is 1.55 bits per heavy atom. The van der Waals surface area contributed by atoms with Crippen LogP contribution in [0.1, 0.15) is 6.92 Å². The van der Waals surface area contributed by atoms with Crippen molar-refractivity contribution in [1.82, 2.24) is 4.98 Å². The van der Waals surface area contributed by atoms with E-state index in [-0.39, 0.29) is 0 Å². The van der Waals surface area contributed by atoms with Gasteiger partial charge in [-0.1, -0.05) is 6.92 Å². The van der Waals surface area contributed by atoms with E-state index in [4.69, 9.17) is 0 Å². The lowest BCUT2D eigenvalue weighted by Gasteiger charge is -2.00. The van der Waals surface area contributed by atoms with E-state index in [0.29, 0.717) is 0 Å². The van der Waals surface area contributed by atoms with E-state index in [1.807, 2.05) is 0 Å². The van der Waals surface area contributed by atoms with Crippen LogP contribution in [-0.2, 0) is 0 Å². The van der Waals surface area contributed by atoms with Gasteiger partial charge in [-0.2, -0.15) is 0 Å². The summed E-state index contributed by atoms with van der Waals surface area (Å²) >= 11 is 8.52. The van der Waals surface area contributed by atoms with Crippen LogP contribution < -0.4 is 0 Å². The molecule has 0 unspecified atom stereocenters. The van der Waals surface area contributed by atoms with Gasteiger partial charge in [0.1, 0.15) is 4.60 Å². The molecule has 4 heteroatoms. The van der Waals surface area contributed by atoms with Gasteiger partial charge in [-0.3, -0.25) is 0 Å². The monoisotopic (exact) mass is 295 g/mol. The summed E-state index contributed by atoms with van der Waals surface area (Å²) in [7, 11) is 0. The van der Waals surface area contributed by atoms with Gasteiger partial charge in [-0.15, -0.1) is 11.8 Å². The fourth-order valence-corrected chi connectivity index (χ4v) is 2.40. The van der Waals surface area contributed by atoms with Gasteiger partial charge in [-0.25, -0.2) is 4.98 Å². The zero-order chi connectivity index (χ0) is 8.27. The van der Waals surface area contributed by atoms with E-state index in [9.17, 15) is 0 Å². The Hall–Kier alpha value is 0.460. The van der Waals surface area contributed by atoms with Crippen LogP contribution in [0.3, 0.4) is 0 Å². The Morgan fingerprint density at radius 3 is 2.91 bits per heavy atom. The molecule has 0 fully saturated rings. The van der Waals surface area contributed by atoms with Crippen molar-refractivity contribution in [2.24, 2.45) is 0 Å². The molecule has 0 radical (unpaired) electrons. The molecule has 0 aromatic carbocycles. The number of hydrogen-bond acceptors (Lipinski definition) is 2. The quantitative estimate of drug-likeness (QED) is 0.609. The largest absolute Gasteiger partial charge is 0.247 e. The van der Waals surface area contributed by atoms with Gasteiger partial charge < -0.3 is 0 Å². The summed E-state index contributed by atoms with van der Waals surface area (Å²) < 4.78 is 1.95. The number of nitrogens with zero attached hydrogens (tertiary/aromatic N) is 1. The lowest BCUT2D eigenvalue weighted by Crippen LogP contribution is -1.80. The maximum Gasteiger partial charge on any atom is 0.119 e. The zero-order valence-electron chi connectivity index (χ0n) is 5.97. The third-order valence-corrected chi connectivity index (χ3v) is 3.31. The highest BCUT2D eigenvalue weighted by Crippen LogP contribution is 2.27. The predicted octanol–water partition coefficient (Wildman–Crippen LogP) is 3.72. The van der Waals surface area contributed by atoms with Gasteiger partial charge in [0.2, 0.25) is 0 Å². The van der Waals surface area contributed by atoms with Crippen LogP contribution in [0.2, 0.25) is 0 Å². The first-order chi connectivity index (χ1) is 5.24. The molecule has 0 atom stereocenters. The number of thioether (sulfide) groups is 1. The molecule has 0 aliphatic heterocycles. The van der Waals surface area contributed by atoms with Gasteiger partial charge in [0, 0.05) is 15.6 Å². The molecular formula is C7H7Br2NS. The smallest absolute Gasteiger partial charge is 0.119 e. The summed E-state index contributed by atoms with van der Waals surface area (Å²) in [4.78, 5) is 5.33. The lowest BCUT2D eigenvalue weighted by molar-refractivity contribution is 1.16. The Kier molecular flexibility index (Phi) is 3.89. The number of hydrogen-bond donors (Lipinski definition) is 0. The minimum absolute atomic E-state index is 0.924. The minimum Gasteiger partial charge on any atom is -0.247 e. The van der Waals surface area contributed by atoms with Crippen LogP contribution in [0.4, 0.5) is 0 Å². The van der Waals surface area contributed by atoms with E-state index in [2.05, 4.69) is 49.8 Å². The normalized spacial score (nSPS) is 10.1. The highest BCUT2D eigenvalue weighted by atomic mass is 79.9. The maximum atomic E-state index is 4.15. The first-order valence-electron chi connectivity index (χ1n) is 3.18. The summed E-state index contributed by atoms with van der Waals surface area (Å²) in [6.07, 6.45) is 1.78. The highest BCUT2D eigenvalue weighted by Gasteiger charge is 2.00. The summed E-state index contributed by atoms with van der Waals surface area (Å²) in [6.45, 7) is 2.12. The lowest BCUT2D eigenvalue weighted by atomic mass is 10.5. The topological polar surface area (TPSA) is 12.9 Å². The number of rotatable bonds is 2. The van der Waals surface area contributed by atoms with Crippen molar-refractivity contribution in [2.45, 2.75) is 11.8 Å². The summed E-state index contributed by atoms with van der Waals surface area (Å²) in [5, 5.41) is 0. The van der Waals surface area contributed by atoms with Crippen LogP contribution in [0.15, 0.2) is 26.2 Å². The predicted molar refractivity (Wildman–Crippen MR) is 56.0 cm³/mol. The van der Waals surface area contributed by atoms with Crippen molar-refractivity contribution in [1.29, 1.82) is 0 Å². The molecule has 1 aromatic rings. The first kappa shape index (κ1) is 9.55. The second-order valence-corrected chi connectivity index (χ2v) is 4.85. The van der Waals surface area contributed by atoms with E-state index in [0.717, 1.165) is 14.8 Å². The Balaban J connectivity index is 2.93. The zero-order valence-corrected chi connectivity index (χ0v) is 9.96. The molecule has 1 nitrogen and oxygen atoms in total. The summed E-state index contributed by atoms with van der Waals surface area (Å²) in [5.41, 5.74) is 0. The van der Waals surface area contributed by atoms with Crippen molar-refractivity contribution in [3.05, 3.63) is 21.3 Å². The molecule has 0 bridgehead atoms. The standard InChI is InChI=1S/C7H7Br2NS/c1-2-11-6-3-5(8)4-10-7(6)9/h3-4H,2H2,1H3. The molecule has 60 valence electrons. The molecule has 0 spiro atoms. The fraction of sp³-hybridized carbons (Fsp3) is 0.286. The third kappa shape index (κ3) is 2.76. The van der Waals surface area contributed by atoms with Crippen molar-refractivity contribution >= 4 is 43.6 Å². The van der Waals surface area contributed by atoms with Gasteiger partial charge in [0.05, 0.1) is 0 Å². The van der Waals surface area contributed by atoms with Gasteiger partial charge in [0.25, 0.3) is 0 Å². The number of pyridine rings is 1. The molecule has 0 N–H and O–H groups in total. The van der Waals surface area contributed by atoms with Crippen LogP contribution in [-0.4, -0.2) is 10.7 Å². The highest BCUT2D eigenvalue weighted by molar-refractivity contribution is 9.11. The maximum absolute atomic E-state index is 4.15. The molecule has 11 heavy (non-hydrogen) atoms. The fourth-order valence-electron chi connectivity index (χ4n) is 0.661. The van der Waals surface area contributed by atoms with Crippen LogP contribution >= 0.6 is 43.6 Å². The molecular weight excluding hydrogens is 290 g/mol. The third-order valence-electron chi connectivity index (χ3n) is 1.07. The van der Waals surface area contributed by atoms with Crippen LogP contribution in [0.5, 0.6) is 0 Å². The van der Waals surface area contributed by atoms with E-state index < -0.39 is 0 Å². The van der Waals surface area contributed by atoms with E-state index in [1.165, 1.54) is 4.90 Å². The van der Waals surface area contributed by atoms with Gasteiger partial charge in [-0.05, 0) is 43.7 Å². The van der Waals surface area contributed by atoms with Crippen molar-refractivity contribution in [3.8, 4) is 0 Å². The SMILES string of the molecule is CCSc1cc(Br)cnc1Br. The number of aromatic nitrogens is 1. The molecule has 0 aliphatic carbocycles. The average Bonchev–Trinajstić information content (AvgIpc) is 1.98. The molecule has 1 aromatic heterocycles. The molecule has 0 saturated heterocycles. The Bertz CT molecular complexity index is 252. The van der Waals surface area contributed by atoms with Crippen LogP contribution in [0, 0.1) is 0 Å². The summed E-state index contributed by atoms with van der Waals surface area (Å²) in [5.74, 6) is 1.07. The molecule has 0 aliphatic rings. The molecule has 0 saturated carbocycles. The summed E-state index contributed by atoms with van der Waals surface area (Å²) in [6, 6.07) is 2.06. The minimum atomic E-state index is 0.924. The van der Waals surface area contributed by atoms with Crippen molar-refractivity contribution in [3.63, 3.8) is 0 Å². The van der Waals surface area contributed by atoms with Gasteiger partial charge >= 0.3 is 0 Å². The second-order valence-electron chi connectivity index (χ2n) is 1.88. The van der Waals surface area contributed by atoms with E-state index in [1.54, 1.807) is 18.0 Å². The van der Waals surface area contributed by atoms with Crippen molar-refractivity contribution < 1.29 is 0 Å². The van der Waals surface area contributed by atoms with Crippen molar-refractivity contribution in [2.75, 3.05) is 5.75 Å². The Labute approximate surface area is 87.2 Å². The molecule has 0 amide bonds. The van der Waals surface area contributed by atoms with Gasteiger partial charge in [0.15, 0.2) is 0 Å². The molecule has 1 heterocycles. The second kappa shape index (κ2) is 4.48. The number of halogens is 2. The Morgan fingerprint density at radius 2 is 2.27 bits per heavy atom. The van der Waals surface area contributed by atoms with E-state index >= 15 is 0 Å². The average molecular weight is 297 g/mol. The van der Waals surface area contributed by atoms with Crippen LogP contribution in [0.25, 0.3) is 0 Å².